The lowest BCUT2D eigenvalue weighted by Gasteiger charge is -2.25. The van der Waals surface area contributed by atoms with Gasteiger partial charge in [0.05, 0.1) is 23.7 Å². The number of rotatable bonds is 2. The lowest BCUT2D eigenvalue weighted by molar-refractivity contribution is -0.00961. The van der Waals surface area contributed by atoms with Crippen molar-refractivity contribution in [3.8, 4) is 0 Å². The normalized spacial score (nSPS) is 37.1. The fraction of sp³-hybridized carbons (Fsp3) is 1.00. The SMILES string of the molecule is O=S1(=O)CCC(OC2CCCNC2)C1. The first-order valence-corrected chi connectivity index (χ1v) is 7.04. The van der Waals surface area contributed by atoms with E-state index in [0.717, 1.165) is 25.9 Å². The number of piperidine rings is 1. The molecule has 0 aromatic rings. The molecule has 2 heterocycles. The molecule has 0 aromatic heterocycles. The number of hydrogen-bond acceptors (Lipinski definition) is 4. The Morgan fingerprint density at radius 2 is 2.07 bits per heavy atom. The smallest absolute Gasteiger partial charge is 0.152 e. The molecule has 0 aromatic carbocycles. The third kappa shape index (κ3) is 2.68. The van der Waals surface area contributed by atoms with Gasteiger partial charge in [0.1, 0.15) is 0 Å². The summed E-state index contributed by atoms with van der Waals surface area (Å²) in [4.78, 5) is 0. The second-order valence-corrected chi connectivity index (χ2v) is 6.36. The largest absolute Gasteiger partial charge is 0.373 e. The highest BCUT2D eigenvalue weighted by atomic mass is 32.2. The molecule has 0 spiro atoms. The highest BCUT2D eigenvalue weighted by molar-refractivity contribution is 7.91. The Morgan fingerprint density at radius 1 is 1.21 bits per heavy atom. The Bertz CT molecular complexity index is 282. The summed E-state index contributed by atoms with van der Waals surface area (Å²) < 4.78 is 28.1. The Hall–Kier alpha value is -0.130. The summed E-state index contributed by atoms with van der Waals surface area (Å²) in [5.41, 5.74) is 0. The summed E-state index contributed by atoms with van der Waals surface area (Å²) in [5, 5.41) is 3.26. The van der Waals surface area contributed by atoms with Crippen LogP contribution in [0.2, 0.25) is 0 Å². The van der Waals surface area contributed by atoms with Gasteiger partial charge in [0, 0.05) is 6.54 Å². The number of sulfone groups is 1. The first kappa shape index (κ1) is 10.4. The Kier molecular flexibility index (Phi) is 3.09. The van der Waals surface area contributed by atoms with Crippen LogP contribution in [0.1, 0.15) is 19.3 Å². The van der Waals surface area contributed by atoms with Crippen LogP contribution in [0.15, 0.2) is 0 Å². The van der Waals surface area contributed by atoms with Crippen LogP contribution in [0.4, 0.5) is 0 Å². The van der Waals surface area contributed by atoms with Gasteiger partial charge >= 0.3 is 0 Å². The molecular formula is C9H17NO3S. The lowest BCUT2D eigenvalue weighted by atomic mass is 10.1. The summed E-state index contributed by atoms with van der Waals surface area (Å²) in [5.74, 6) is 0.529. The molecule has 0 saturated carbocycles. The first-order valence-electron chi connectivity index (χ1n) is 5.22. The van der Waals surface area contributed by atoms with E-state index in [-0.39, 0.29) is 18.0 Å². The van der Waals surface area contributed by atoms with E-state index >= 15 is 0 Å². The van der Waals surface area contributed by atoms with Crippen LogP contribution in [0.3, 0.4) is 0 Å². The molecule has 0 bridgehead atoms. The van der Waals surface area contributed by atoms with Gasteiger partial charge in [-0.25, -0.2) is 8.42 Å². The summed E-state index contributed by atoms with van der Waals surface area (Å²) >= 11 is 0. The zero-order valence-electron chi connectivity index (χ0n) is 8.24. The molecule has 2 saturated heterocycles. The maximum Gasteiger partial charge on any atom is 0.152 e. The zero-order valence-corrected chi connectivity index (χ0v) is 9.05. The molecule has 0 amide bonds. The second-order valence-electron chi connectivity index (χ2n) is 4.13. The van der Waals surface area contributed by atoms with Gasteiger partial charge in [-0.2, -0.15) is 0 Å². The van der Waals surface area contributed by atoms with Crippen LogP contribution in [0.5, 0.6) is 0 Å². The van der Waals surface area contributed by atoms with Crippen LogP contribution in [-0.2, 0) is 14.6 Å². The van der Waals surface area contributed by atoms with Gasteiger partial charge in [0.15, 0.2) is 9.84 Å². The van der Waals surface area contributed by atoms with E-state index in [1.807, 2.05) is 0 Å². The summed E-state index contributed by atoms with van der Waals surface area (Å²) in [6.45, 7) is 1.93. The molecule has 2 aliphatic rings. The molecular weight excluding hydrogens is 202 g/mol. The molecule has 2 fully saturated rings. The van der Waals surface area contributed by atoms with E-state index in [9.17, 15) is 8.42 Å². The van der Waals surface area contributed by atoms with Crippen molar-refractivity contribution in [3.05, 3.63) is 0 Å². The van der Waals surface area contributed by atoms with Crippen LogP contribution in [0.25, 0.3) is 0 Å². The van der Waals surface area contributed by atoms with Gasteiger partial charge in [0.25, 0.3) is 0 Å². The topological polar surface area (TPSA) is 55.4 Å². The van der Waals surface area contributed by atoms with Gasteiger partial charge in [-0.3, -0.25) is 0 Å². The number of hydrogen-bond donors (Lipinski definition) is 1. The van der Waals surface area contributed by atoms with E-state index in [2.05, 4.69) is 5.32 Å². The van der Waals surface area contributed by atoms with E-state index in [1.54, 1.807) is 0 Å². The summed E-state index contributed by atoms with van der Waals surface area (Å²) in [6.07, 6.45) is 3.04. The standard InChI is InChI=1S/C9H17NO3S/c11-14(12)5-3-9(7-14)13-8-2-1-4-10-6-8/h8-10H,1-7H2. The first-order chi connectivity index (χ1) is 6.66. The Morgan fingerprint density at radius 3 is 2.64 bits per heavy atom. The van der Waals surface area contributed by atoms with Crippen molar-refractivity contribution in [1.29, 1.82) is 0 Å². The summed E-state index contributed by atoms with van der Waals surface area (Å²) in [6, 6.07) is 0. The molecule has 5 heteroatoms. The Balaban J connectivity index is 1.80. The van der Waals surface area contributed by atoms with Gasteiger partial charge < -0.3 is 10.1 Å². The predicted molar refractivity (Wildman–Crippen MR) is 54.0 cm³/mol. The van der Waals surface area contributed by atoms with E-state index in [0.29, 0.717) is 12.2 Å². The average Bonchev–Trinajstić information content (AvgIpc) is 2.47. The van der Waals surface area contributed by atoms with Crippen molar-refractivity contribution in [2.75, 3.05) is 24.6 Å². The molecule has 4 nitrogen and oxygen atoms in total. The van der Waals surface area contributed by atoms with Crippen molar-refractivity contribution in [2.24, 2.45) is 0 Å². The maximum atomic E-state index is 11.2. The van der Waals surface area contributed by atoms with Crippen molar-refractivity contribution >= 4 is 9.84 Å². The van der Waals surface area contributed by atoms with Gasteiger partial charge in [-0.15, -0.1) is 0 Å². The lowest BCUT2D eigenvalue weighted by Crippen LogP contribution is -2.37. The molecule has 14 heavy (non-hydrogen) atoms. The minimum atomic E-state index is -2.79. The fourth-order valence-corrected chi connectivity index (χ4v) is 3.68. The molecule has 2 atom stereocenters. The van der Waals surface area contributed by atoms with Crippen molar-refractivity contribution in [1.82, 2.24) is 5.32 Å². The zero-order chi connectivity index (χ0) is 10.0. The molecule has 82 valence electrons. The second kappa shape index (κ2) is 4.16. The number of ether oxygens (including phenoxy) is 1. The third-order valence-electron chi connectivity index (χ3n) is 2.83. The van der Waals surface area contributed by atoms with E-state index < -0.39 is 9.84 Å². The van der Waals surface area contributed by atoms with Crippen LogP contribution >= 0.6 is 0 Å². The van der Waals surface area contributed by atoms with Crippen LogP contribution in [-0.4, -0.2) is 45.2 Å². The fourth-order valence-electron chi connectivity index (χ4n) is 2.08. The molecule has 2 aliphatic heterocycles. The summed E-state index contributed by atoms with van der Waals surface area (Å²) in [7, 11) is -2.79. The van der Waals surface area contributed by atoms with E-state index in [1.165, 1.54) is 0 Å². The molecule has 0 aliphatic carbocycles. The van der Waals surface area contributed by atoms with Crippen LogP contribution < -0.4 is 5.32 Å². The third-order valence-corrected chi connectivity index (χ3v) is 4.56. The molecule has 2 unspecified atom stereocenters. The highest BCUT2D eigenvalue weighted by Crippen LogP contribution is 2.18. The monoisotopic (exact) mass is 219 g/mol. The van der Waals surface area contributed by atoms with Crippen molar-refractivity contribution < 1.29 is 13.2 Å². The minimum Gasteiger partial charge on any atom is -0.373 e. The molecule has 0 radical (unpaired) electrons. The molecule has 1 N–H and O–H groups in total. The Labute approximate surface area is 84.9 Å². The van der Waals surface area contributed by atoms with Crippen molar-refractivity contribution in [2.45, 2.75) is 31.5 Å². The molecule has 2 rings (SSSR count). The van der Waals surface area contributed by atoms with E-state index in [4.69, 9.17) is 4.74 Å². The predicted octanol–water partition coefficient (Wildman–Crippen LogP) is -0.0579. The number of nitrogens with one attached hydrogen (secondary N) is 1. The van der Waals surface area contributed by atoms with Crippen LogP contribution in [0, 0.1) is 0 Å². The van der Waals surface area contributed by atoms with Gasteiger partial charge in [-0.05, 0) is 25.8 Å². The van der Waals surface area contributed by atoms with Gasteiger partial charge in [-0.1, -0.05) is 0 Å². The maximum absolute atomic E-state index is 11.2. The highest BCUT2D eigenvalue weighted by Gasteiger charge is 2.30. The minimum absolute atomic E-state index is 0.0510. The quantitative estimate of drug-likeness (QED) is 0.707. The average molecular weight is 219 g/mol. The van der Waals surface area contributed by atoms with Crippen molar-refractivity contribution in [3.63, 3.8) is 0 Å². The van der Waals surface area contributed by atoms with Gasteiger partial charge in [0.2, 0.25) is 0 Å².